The zero-order chi connectivity index (χ0) is 18.1. The van der Waals surface area contributed by atoms with E-state index in [1.165, 1.54) is 0 Å². The summed E-state index contributed by atoms with van der Waals surface area (Å²) in [6.45, 7) is 2.45. The Morgan fingerprint density at radius 2 is 2.12 bits per heavy atom. The molecule has 26 heavy (non-hydrogen) atoms. The number of aromatic nitrogens is 3. The van der Waals surface area contributed by atoms with Gasteiger partial charge < -0.3 is 10.2 Å². The molecule has 0 atom stereocenters. The van der Waals surface area contributed by atoms with Crippen LogP contribution in [-0.4, -0.2) is 27.4 Å². The molecule has 0 radical (unpaired) electrons. The molecule has 1 N–H and O–H groups in total. The van der Waals surface area contributed by atoms with Crippen molar-refractivity contribution in [3.8, 4) is 0 Å². The fraction of sp³-hybridized carbons (Fsp3) is 0.158. The molecule has 4 rings (SSSR count). The van der Waals surface area contributed by atoms with Crippen LogP contribution in [0.1, 0.15) is 21.7 Å². The Labute approximate surface area is 155 Å². The number of nitrogens with one attached hydrogen (secondary N) is 1. The fourth-order valence-corrected chi connectivity index (χ4v) is 3.30. The topological polar surface area (TPSA) is 71.0 Å². The van der Waals surface area contributed by atoms with Crippen LogP contribution in [0.25, 0.3) is 0 Å². The molecule has 6 nitrogen and oxygen atoms in total. The number of benzene rings is 1. The van der Waals surface area contributed by atoms with Gasteiger partial charge in [0, 0.05) is 36.4 Å². The van der Waals surface area contributed by atoms with E-state index >= 15 is 0 Å². The third-order valence-corrected chi connectivity index (χ3v) is 4.40. The lowest BCUT2D eigenvalue weighted by Crippen LogP contribution is -2.28. The molecule has 0 unspecified atom stereocenters. The van der Waals surface area contributed by atoms with E-state index in [4.69, 9.17) is 11.6 Å². The molecule has 3 aromatic rings. The van der Waals surface area contributed by atoms with Gasteiger partial charge in [0.05, 0.1) is 5.56 Å². The molecular formula is C19H16ClN5O. The van der Waals surface area contributed by atoms with Gasteiger partial charge in [-0.2, -0.15) is 0 Å². The summed E-state index contributed by atoms with van der Waals surface area (Å²) < 4.78 is 0. The van der Waals surface area contributed by atoms with Crippen LogP contribution in [0.3, 0.4) is 0 Å². The number of amides is 1. The minimum atomic E-state index is -0.0317. The summed E-state index contributed by atoms with van der Waals surface area (Å²) in [6.07, 6.45) is 4.06. The predicted molar refractivity (Wildman–Crippen MR) is 101 cm³/mol. The smallest absolute Gasteiger partial charge is 0.259 e. The first kappa shape index (κ1) is 16.5. The fourth-order valence-electron chi connectivity index (χ4n) is 3.08. The average Bonchev–Trinajstić information content (AvgIpc) is 3.04. The largest absolute Gasteiger partial charge is 0.340 e. The van der Waals surface area contributed by atoms with Crippen molar-refractivity contribution in [2.75, 3.05) is 16.8 Å². The second-order valence-electron chi connectivity index (χ2n) is 6.04. The molecule has 0 aliphatic carbocycles. The maximum atomic E-state index is 12.7. The van der Waals surface area contributed by atoms with Crippen molar-refractivity contribution in [1.29, 1.82) is 0 Å². The summed E-state index contributed by atoms with van der Waals surface area (Å²) in [7, 11) is 0. The molecule has 0 bridgehead atoms. The molecule has 3 heterocycles. The molecule has 0 fully saturated rings. The average molecular weight is 366 g/mol. The van der Waals surface area contributed by atoms with E-state index in [2.05, 4.69) is 20.3 Å². The zero-order valence-corrected chi connectivity index (χ0v) is 14.9. The summed E-state index contributed by atoms with van der Waals surface area (Å²) in [6, 6.07) is 11.2. The first-order chi connectivity index (χ1) is 12.6. The van der Waals surface area contributed by atoms with Gasteiger partial charge in [-0.25, -0.2) is 9.97 Å². The van der Waals surface area contributed by atoms with Crippen LogP contribution in [0.5, 0.6) is 0 Å². The molecule has 1 amide bonds. The number of anilines is 3. The number of aryl methyl sites for hydroxylation is 1. The second kappa shape index (κ2) is 6.72. The summed E-state index contributed by atoms with van der Waals surface area (Å²) in [5.74, 6) is 1.22. The number of hydrogen-bond donors (Lipinski definition) is 1. The van der Waals surface area contributed by atoms with E-state index in [1.54, 1.807) is 42.4 Å². The van der Waals surface area contributed by atoms with Gasteiger partial charge in [0.2, 0.25) is 0 Å². The van der Waals surface area contributed by atoms with E-state index in [-0.39, 0.29) is 5.91 Å². The normalized spacial score (nSPS) is 12.8. The van der Waals surface area contributed by atoms with E-state index in [0.29, 0.717) is 28.9 Å². The van der Waals surface area contributed by atoms with Crippen LogP contribution in [0.2, 0.25) is 5.15 Å². The molecule has 1 aliphatic heterocycles. The van der Waals surface area contributed by atoms with Crippen molar-refractivity contribution < 1.29 is 4.79 Å². The number of fused-ring (bicyclic) bond motifs is 1. The molecule has 0 saturated carbocycles. The van der Waals surface area contributed by atoms with Crippen molar-refractivity contribution in [2.24, 2.45) is 0 Å². The second-order valence-corrected chi connectivity index (χ2v) is 6.43. The lowest BCUT2D eigenvalue weighted by molar-refractivity contribution is 0.0989. The van der Waals surface area contributed by atoms with Crippen LogP contribution in [0, 0.1) is 6.92 Å². The van der Waals surface area contributed by atoms with Crippen LogP contribution >= 0.6 is 11.6 Å². The van der Waals surface area contributed by atoms with Crippen LogP contribution in [0.4, 0.5) is 17.2 Å². The molecule has 0 saturated heterocycles. The van der Waals surface area contributed by atoms with Gasteiger partial charge in [-0.1, -0.05) is 11.6 Å². The monoisotopic (exact) mass is 365 g/mol. The maximum Gasteiger partial charge on any atom is 0.259 e. The standard InChI is InChI=1S/C19H16ClN5O/c1-12-22-17(20)10-18(23-12)24-15-4-5-16-13(9-15)6-8-25(16)19(26)14-3-2-7-21-11-14/h2-5,7,9-11H,6,8H2,1H3,(H,22,23,24). The van der Waals surface area contributed by atoms with Crippen molar-refractivity contribution in [2.45, 2.75) is 13.3 Å². The number of halogens is 1. The highest BCUT2D eigenvalue weighted by Crippen LogP contribution is 2.32. The summed E-state index contributed by atoms with van der Waals surface area (Å²) in [5.41, 5.74) is 3.53. The van der Waals surface area contributed by atoms with Gasteiger partial charge in [0.25, 0.3) is 5.91 Å². The van der Waals surface area contributed by atoms with E-state index < -0.39 is 0 Å². The van der Waals surface area contributed by atoms with E-state index in [9.17, 15) is 4.79 Å². The Kier molecular flexibility index (Phi) is 4.26. The lowest BCUT2D eigenvalue weighted by Gasteiger charge is -2.17. The first-order valence-electron chi connectivity index (χ1n) is 8.23. The molecule has 2 aromatic heterocycles. The number of rotatable bonds is 3. The maximum absolute atomic E-state index is 12.7. The zero-order valence-electron chi connectivity index (χ0n) is 14.1. The van der Waals surface area contributed by atoms with Crippen molar-refractivity contribution in [3.05, 3.63) is 70.9 Å². The van der Waals surface area contributed by atoms with Gasteiger partial charge in [-0.15, -0.1) is 0 Å². The molecule has 0 spiro atoms. The third-order valence-electron chi connectivity index (χ3n) is 4.21. The highest BCUT2D eigenvalue weighted by molar-refractivity contribution is 6.29. The van der Waals surface area contributed by atoms with E-state index in [0.717, 1.165) is 23.4 Å². The lowest BCUT2D eigenvalue weighted by atomic mass is 10.1. The van der Waals surface area contributed by atoms with Gasteiger partial charge >= 0.3 is 0 Å². The predicted octanol–water partition coefficient (Wildman–Crippen LogP) is 3.78. The van der Waals surface area contributed by atoms with Crippen LogP contribution < -0.4 is 10.2 Å². The highest BCUT2D eigenvalue weighted by atomic mass is 35.5. The number of carbonyl (C=O) groups is 1. The van der Waals surface area contributed by atoms with E-state index in [1.807, 2.05) is 18.2 Å². The molecule has 1 aliphatic rings. The minimum absolute atomic E-state index is 0.0317. The van der Waals surface area contributed by atoms with Crippen molar-refractivity contribution >= 4 is 34.7 Å². The van der Waals surface area contributed by atoms with Crippen molar-refractivity contribution in [3.63, 3.8) is 0 Å². The Morgan fingerprint density at radius 1 is 1.23 bits per heavy atom. The van der Waals surface area contributed by atoms with Crippen molar-refractivity contribution in [1.82, 2.24) is 15.0 Å². The summed E-state index contributed by atoms with van der Waals surface area (Å²) in [5, 5.41) is 3.64. The number of nitrogens with zero attached hydrogens (tertiary/aromatic N) is 4. The van der Waals surface area contributed by atoms with Gasteiger partial charge in [0.15, 0.2) is 0 Å². The number of hydrogen-bond acceptors (Lipinski definition) is 5. The third kappa shape index (κ3) is 3.23. The van der Waals surface area contributed by atoms with Gasteiger partial charge in [0.1, 0.15) is 16.8 Å². The van der Waals surface area contributed by atoms with Gasteiger partial charge in [-0.05, 0) is 49.2 Å². The Bertz CT molecular complexity index is 957. The molecular weight excluding hydrogens is 350 g/mol. The quantitative estimate of drug-likeness (QED) is 0.715. The van der Waals surface area contributed by atoms with Crippen LogP contribution in [-0.2, 0) is 6.42 Å². The highest BCUT2D eigenvalue weighted by Gasteiger charge is 2.25. The first-order valence-corrected chi connectivity index (χ1v) is 8.61. The summed E-state index contributed by atoms with van der Waals surface area (Å²) >= 11 is 5.98. The minimum Gasteiger partial charge on any atom is -0.340 e. The SMILES string of the molecule is Cc1nc(Cl)cc(Nc2ccc3c(c2)CCN3C(=O)c2cccnc2)n1. The summed E-state index contributed by atoms with van der Waals surface area (Å²) in [4.78, 5) is 26.9. The molecule has 7 heteroatoms. The Balaban J connectivity index is 1.58. The number of carbonyl (C=O) groups excluding carboxylic acids is 1. The Morgan fingerprint density at radius 3 is 2.88 bits per heavy atom. The number of pyridine rings is 1. The molecule has 1 aromatic carbocycles. The Hall–Kier alpha value is -2.99. The van der Waals surface area contributed by atoms with Crippen LogP contribution in [0.15, 0.2) is 48.8 Å². The molecule has 130 valence electrons. The van der Waals surface area contributed by atoms with Gasteiger partial charge in [-0.3, -0.25) is 9.78 Å².